The minimum absolute atomic E-state index is 0.102. The summed E-state index contributed by atoms with van der Waals surface area (Å²) in [5.41, 5.74) is -0.710. The highest BCUT2D eigenvalue weighted by Crippen LogP contribution is 2.51. The van der Waals surface area contributed by atoms with Crippen LogP contribution in [0.5, 0.6) is 0 Å². The SMILES string of the molecule is COCCCN1C[C@@]23C=C[C@@H](O2)[C@@H](C(=O)O)[C@@H]3C1=O. The van der Waals surface area contributed by atoms with Crippen LogP contribution in [0.1, 0.15) is 6.42 Å². The first kappa shape index (κ1) is 12.6. The lowest BCUT2D eigenvalue weighted by atomic mass is 9.77. The number of nitrogens with zero attached hydrogens (tertiary/aromatic N) is 1. The van der Waals surface area contributed by atoms with E-state index in [9.17, 15) is 14.7 Å². The van der Waals surface area contributed by atoms with Gasteiger partial charge in [0.25, 0.3) is 0 Å². The summed E-state index contributed by atoms with van der Waals surface area (Å²) in [7, 11) is 1.62. The molecule has 0 aromatic rings. The molecule has 6 heteroatoms. The second-order valence-corrected chi connectivity index (χ2v) is 5.34. The third-order valence-corrected chi connectivity index (χ3v) is 4.24. The number of fused-ring (bicyclic) bond motifs is 1. The van der Waals surface area contributed by atoms with Gasteiger partial charge in [0.05, 0.1) is 18.6 Å². The van der Waals surface area contributed by atoms with Crippen molar-refractivity contribution in [2.24, 2.45) is 11.8 Å². The van der Waals surface area contributed by atoms with Crippen LogP contribution in [0.4, 0.5) is 0 Å². The van der Waals surface area contributed by atoms with E-state index in [-0.39, 0.29) is 5.91 Å². The van der Waals surface area contributed by atoms with Crippen molar-refractivity contribution in [3.63, 3.8) is 0 Å². The van der Waals surface area contributed by atoms with Gasteiger partial charge in [-0.2, -0.15) is 0 Å². The van der Waals surface area contributed by atoms with E-state index in [0.29, 0.717) is 19.7 Å². The second kappa shape index (κ2) is 4.31. The van der Waals surface area contributed by atoms with E-state index in [1.165, 1.54) is 0 Å². The molecule has 1 spiro atoms. The van der Waals surface area contributed by atoms with E-state index in [1.54, 1.807) is 18.1 Å². The van der Waals surface area contributed by atoms with Crippen LogP contribution < -0.4 is 0 Å². The monoisotopic (exact) mass is 267 g/mol. The normalized spacial score (nSPS) is 39.1. The quantitative estimate of drug-likeness (QED) is 0.555. The highest BCUT2D eigenvalue weighted by atomic mass is 16.5. The molecule has 0 aliphatic carbocycles. The average molecular weight is 267 g/mol. The van der Waals surface area contributed by atoms with Gasteiger partial charge in [0, 0.05) is 20.3 Å². The summed E-state index contributed by atoms with van der Waals surface area (Å²) in [5, 5.41) is 9.29. The van der Waals surface area contributed by atoms with Crippen LogP contribution in [-0.4, -0.2) is 60.4 Å². The number of rotatable bonds is 5. The zero-order valence-corrected chi connectivity index (χ0v) is 10.7. The fourth-order valence-corrected chi connectivity index (χ4v) is 3.45. The molecule has 104 valence electrons. The number of methoxy groups -OCH3 is 1. The van der Waals surface area contributed by atoms with E-state index in [4.69, 9.17) is 9.47 Å². The first-order valence-electron chi connectivity index (χ1n) is 6.47. The number of carboxylic acid groups (broad SMARTS) is 1. The third kappa shape index (κ3) is 1.70. The highest BCUT2D eigenvalue weighted by Gasteiger charge is 2.66. The number of aliphatic carboxylic acids is 1. The van der Waals surface area contributed by atoms with Crippen molar-refractivity contribution < 1.29 is 24.2 Å². The summed E-state index contributed by atoms with van der Waals surface area (Å²) >= 11 is 0. The summed E-state index contributed by atoms with van der Waals surface area (Å²) in [6.07, 6.45) is 3.94. The summed E-state index contributed by atoms with van der Waals surface area (Å²) in [6, 6.07) is 0. The number of carbonyl (C=O) groups excluding carboxylic acids is 1. The fraction of sp³-hybridized carbons (Fsp3) is 0.692. The molecule has 4 atom stereocenters. The smallest absolute Gasteiger partial charge is 0.310 e. The molecule has 0 unspecified atom stereocenters. The van der Waals surface area contributed by atoms with Gasteiger partial charge in [0.2, 0.25) is 5.91 Å². The summed E-state index contributed by atoms with van der Waals surface area (Å²) in [5.74, 6) is -2.36. The molecule has 1 N–H and O–H groups in total. The molecule has 0 aromatic carbocycles. The van der Waals surface area contributed by atoms with Crippen LogP contribution in [0.3, 0.4) is 0 Å². The Morgan fingerprint density at radius 3 is 3.16 bits per heavy atom. The Hall–Kier alpha value is -1.40. The summed E-state index contributed by atoms with van der Waals surface area (Å²) < 4.78 is 10.8. The fourth-order valence-electron chi connectivity index (χ4n) is 3.45. The Morgan fingerprint density at radius 1 is 1.68 bits per heavy atom. The van der Waals surface area contributed by atoms with Crippen molar-refractivity contribution in [2.75, 3.05) is 26.8 Å². The van der Waals surface area contributed by atoms with E-state index >= 15 is 0 Å². The standard InChI is InChI=1S/C13H17NO5/c1-18-6-2-5-14-7-13-4-3-8(19-13)9(12(16)17)10(13)11(14)15/h3-4,8-10H,2,5-7H2,1H3,(H,16,17)/t8-,9-,10-,13-/m1/s1. The lowest BCUT2D eigenvalue weighted by Gasteiger charge is -2.21. The Bertz CT molecular complexity index is 448. The van der Waals surface area contributed by atoms with E-state index in [2.05, 4.69) is 0 Å². The molecular formula is C13H17NO5. The van der Waals surface area contributed by atoms with Gasteiger partial charge in [-0.05, 0) is 6.42 Å². The minimum Gasteiger partial charge on any atom is -0.481 e. The molecule has 3 aliphatic heterocycles. The Morgan fingerprint density at radius 2 is 2.47 bits per heavy atom. The van der Waals surface area contributed by atoms with Crippen LogP contribution in [0.15, 0.2) is 12.2 Å². The lowest BCUT2D eigenvalue weighted by Crippen LogP contribution is -2.39. The number of likely N-dealkylation sites (tertiary alicyclic amines) is 1. The van der Waals surface area contributed by atoms with Crippen molar-refractivity contribution in [3.8, 4) is 0 Å². The maximum atomic E-state index is 12.4. The third-order valence-electron chi connectivity index (χ3n) is 4.24. The molecule has 0 saturated carbocycles. The van der Waals surface area contributed by atoms with Gasteiger partial charge < -0.3 is 19.5 Å². The first-order chi connectivity index (χ1) is 9.09. The first-order valence-corrected chi connectivity index (χ1v) is 6.47. The van der Waals surface area contributed by atoms with Gasteiger partial charge in [-0.3, -0.25) is 9.59 Å². The number of amides is 1. The van der Waals surface area contributed by atoms with Crippen LogP contribution in [0.25, 0.3) is 0 Å². The minimum atomic E-state index is -0.951. The van der Waals surface area contributed by atoms with E-state index in [1.807, 2.05) is 6.08 Å². The molecule has 1 amide bonds. The number of hydrogen-bond acceptors (Lipinski definition) is 4. The molecule has 3 rings (SSSR count). The van der Waals surface area contributed by atoms with Gasteiger partial charge in [0.1, 0.15) is 11.5 Å². The zero-order valence-electron chi connectivity index (χ0n) is 10.7. The molecule has 3 heterocycles. The van der Waals surface area contributed by atoms with Crippen LogP contribution >= 0.6 is 0 Å². The molecule has 0 radical (unpaired) electrons. The maximum absolute atomic E-state index is 12.4. The summed E-state index contributed by atoms with van der Waals surface area (Å²) in [6.45, 7) is 1.62. The second-order valence-electron chi connectivity index (χ2n) is 5.34. The molecule has 6 nitrogen and oxygen atoms in total. The van der Waals surface area contributed by atoms with Crippen LogP contribution in [-0.2, 0) is 19.1 Å². The van der Waals surface area contributed by atoms with Crippen LogP contribution in [0, 0.1) is 11.8 Å². The number of carbonyl (C=O) groups is 2. The van der Waals surface area contributed by atoms with Gasteiger partial charge >= 0.3 is 5.97 Å². The Labute approximate surface area is 111 Å². The Balaban J connectivity index is 1.79. The molecule has 2 saturated heterocycles. The highest BCUT2D eigenvalue weighted by molar-refractivity contribution is 5.90. The van der Waals surface area contributed by atoms with E-state index in [0.717, 1.165) is 6.42 Å². The van der Waals surface area contributed by atoms with Crippen molar-refractivity contribution >= 4 is 11.9 Å². The molecule has 2 bridgehead atoms. The largest absolute Gasteiger partial charge is 0.481 e. The van der Waals surface area contributed by atoms with Gasteiger partial charge in [-0.15, -0.1) is 0 Å². The molecule has 3 aliphatic rings. The van der Waals surface area contributed by atoms with Gasteiger partial charge in [-0.1, -0.05) is 12.2 Å². The molecule has 0 aromatic heterocycles. The van der Waals surface area contributed by atoms with Crippen molar-refractivity contribution in [1.29, 1.82) is 0 Å². The predicted octanol–water partition coefficient (Wildman–Crippen LogP) is -0.111. The number of hydrogen-bond donors (Lipinski definition) is 1. The number of carboxylic acids is 1. The predicted molar refractivity (Wildman–Crippen MR) is 64.4 cm³/mol. The molecule has 2 fully saturated rings. The van der Waals surface area contributed by atoms with Gasteiger partial charge in [0.15, 0.2) is 0 Å². The number of ether oxygens (including phenoxy) is 2. The zero-order chi connectivity index (χ0) is 13.6. The maximum Gasteiger partial charge on any atom is 0.310 e. The lowest BCUT2D eigenvalue weighted by molar-refractivity contribution is -0.148. The van der Waals surface area contributed by atoms with E-state index < -0.39 is 29.5 Å². The Kier molecular flexibility index (Phi) is 2.87. The van der Waals surface area contributed by atoms with Crippen molar-refractivity contribution in [1.82, 2.24) is 4.90 Å². The molecular weight excluding hydrogens is 250 g/mol. The van der Waals surface area contributed by atoms with Crippen LogP contribution in [0.2, 0.25) is 0 Å². The van der Waals surface area contributed by atoms with Crippen molar-refractivity contribution in [3.05, 3.63) is 12.2 Å². The van der Waals surface area contributed by atoms with Crippen molar-refractivity contribution in [2.45, 2.75) is 18.1 Å². The topological polar surface area (TPSA) is 76.1 Å². The molecule has 19 heavy (non-hydrogen) atoms. The summed E-state index contributed by atoms with van der Waals surface area (Å²) in [4.78, 5) is 25.4. The van der Waals surface area contributed by atoms with Gasteiger partial charge in [-0.25, -0.2) is 0 Å². The average Bonchev–Trinajstić information content (AvgIpc) is 2.99.